The van der Waals surface area contributed by atoms with Crippen LogP contribution in [0.15, 0.2) is 27.1 Å². The fourth-order valence-corrected chi connectivity index (χ4v) is 4.08. The van der Waals surface area contributed by atoms with Gasteiger partial charge in [-0.2, -0.15) is 0 Å². The maximum Gasteiger partial charge on any atom is 0.194 e. The zero-order valence-electron chi connectivity index (χ0n) is 12.4. The Kier molecular flexibility index (Phi) is 6.20. The molecule has 0 aromatic carbocycles. The number of guanidine groups is 1. The molecule has 0 spiro atoms. The molecule has 2 heterocycles. The number of hydrogen-bond donors (Lipinski definition) is 1. The Labute approximate surface area is 142 Å². The van der Waals surface area contributed by atoms with Gasteiger partial charge < -0.3 is 10.2 Å². The van der Waals surface area contributed by atoms with Gasteiger partial charge in [0.2, 0.25) is 0 Å². The lowest BCUT2D eigenvalue weighted by molar-refractivity contribution is 0.481. The molecule has 0 saturated carbocycles. The molecule has 0 aliphatic carbocycles. The lowest BCUT2D eigenvalue weighted by Crippen LogP contribution is -2.38. The van der Waals surface area contributed by atoms with E-state index in [1.54, 1.807) is 22.7 Å². The van der Waals surface area contributed by atoms with Gasteiger partial charge >= 0.3 is 0 Å². The van der Waals surface area contributed by atoms with Gasteiger partial charge in [-0.05, 0) is 41.9 Å². The van der Waals surface area contributed by atoms with Crippen molar-refractivity contribution in [2.24, 2.45) is 4.99 Å². The summed E-state index contributed by atoms with van der Waals surface area (Å²) < 4.78 is 1.16. The third-order valence-corrected chi connectivity index (χ3v) is 5.26. The Hall–Kier alpha value is -0.920. The number of rotatable bonds is 5. The second kappa shape index (κ2) is 7.91. The van der Waals surface area contributed by atoms with Crippen molar-refractivity contribution in [2.75, 3.05) is 13.6 Å². The Morgan fingerprint density at radius 2 is 2.24 bits per heavy atom. The van der Waals surface area contributed by atoms with Crippen molar-refractivity contribution >= 4 is 44.6 Å². The molecule has 0 radical (unpaired) electrons. The minimum absolute atomic E-state index is 0.624. The quantitative estimate of drug-likeness (QED) is 0.626. The Morgan fingerprint density at radius 1 is 1.43 bits per heavy atom. The number of hydrogen-bond acceptors (Lipinski definition) is 4. The molecule has 0 bridgehead atoms. The lowest BCUT2D eigenvalue weighted by Gasteiger charge is -2.21. The standard InChI is InChI=1S/C14H19BrN4S2/c1-4-16-14(18-8-13-17-7-10(2)20-13)19(3)9-11-5-6-12(15)21-11/h5-7H,4,8-9H2,1-3H3,(H,16,18). The summed E-state index contributed by atoms with van der Waals surface area (Å²) in [5.74, 6) is 0.912. The maximum absolute atomic E-state index is 4.67. The van der Waals surface area contributed by atoms with Crippen molar-refractivity contribution in [1.29, 1.82) is 0 Å². The van der Waals surface area contributed by atoms with Crippen LogP contribution in [-0.2, 0) is 13.1 Å². The molecule has 2 aromatic rings. The number of aromatic nitrogens is 1. The molecule has 0 unspecified atom stereocenters. The molecule has 0 fully saturated rings. The Balaban J connectivity index is 2.02. The normalized spacial score (nSPS) is 11.7. The molecule has 114 valence electrons. The summed E-state index contributed by atoms with van der Waals surface area (Å²) in [6.07, 6.45) is 1.90. The zero-order chi connectivity index (χ0) is 15.2. The first-order chi connectivity index (χ1) is 10.1. The number of nitrogens with one attached hydrogen (secondary N) is 1. The monoisotopic (exact) mass is 386 g/mol. The van der Waals surface area contributed by atoms with E-state index in [0.29, 0.717) is 6.54 Å². The fraction of sp³-hybridized carbons (Fsp3) is 0.429. The van der Waals surface area contributed by atoms with Crippen molar-refractivity contribution in [3.05, 3.63) is 36.9 Å². The van der Waals surface area contributed by atoms with Gasteiger partial charge in [0.1, 0.15) is 5.01 Å². The number of halogens is 1. The van der Waals surface area contributed by atoms with Crippen LogP contribution in [0, 0.1) is 6.92 Å². The van der Waals surface area contributed by atoms with Crippen LogP contribution in [0.3, 0.4) is 0 Å². The number of thiazole rings is 1. The highest BCUT2D eigenvalue weighted by Crippen LogP contribution is 2.23. The third-order valence-electron chi connectivity index (χ3n) is 2.75. The van der Waals surface area contributed by atoms with E-state index in [2.05, 4.69) is 69.2 Å². The van der Waals surface area contributed by atoms with Gasteiger partial charge in [-0.1, -0.05) is 0 Å². The zero-order valence-corrected chi connectivity index (χ0v) is 15.6. The highest BCUT2D eigenvalue weighted by molar-refractivity contribution is 9.11. The molecule has 7 heteroatoms. The average Bonchev–Trinajstić information content (AvgIpc) is 3.03. The van der Waals surface area contributed by atoms with Crippen LogP contribution >= 0.6 is 38.6 Å². The molecule has 21 heavy (non-hydrogen) atoms. The van der Waals surface area contributed by atoms with Gasteiger partial charge in [0.25, 0.3) is 0 Å². The molecule has 2 rings (SSSR count). The van der Waals surface area contributed by atoms with E-state index >= 15 is 0 Å². The molecule has 0 saturated heterocycles. The molecule has 0 amide bonds. The average molecular weight is 387 g/mol. The predicted molar refractivity (Wildman–Crippen MR) is 95.2 cm³/mol. The second-order valence-corrected chi connectivity index (χ2v) is 8.46. The van der Waals surface area contributed by atoms with Crippen LogP contribution in [0.5, 0.6) is 0 Å². The van der Waals surface area contributed by atoms with Gasteiger partial charge in [-0.3, -0.25) is 0 Å². The molecule has 0 aliphatic rings. The van der Waals surface area contributed by atoms with Crippen LogP contribution in [0.25, 0.3) is 0 Å². The van der Waals surface area contributed by atoms with Gasteiger partial charge in [0.15, 0.2) is 5.96 Å². The Morgan fingerprint density at radius 3 is 2.81 bits per heavy atom. The minimum atomic E-state index is 0.624. The van der Waals surface area contributed by atoms with Crippen LogP contribution in [0.2, 0.25) is 0 Å². The molecular weight excluding hydrogens is 368 g/mol. The maximum atomic E-state index is 4.67. The lowest BCUT2D eigenvalue weighted by atomic mass is 10.4. The number of thiophene rings is 1. The van der Waals surface area contributed by atoms with Gasteiger partial charge in [0, 0.05) is 29.5 Å². The van der Waals surface area contributed by atoms with Crippen LogP contribution in [-0.4, -0.2) is 29.4 Å². The predicted octanol–water partition coefficient (Wildman–Crippen LogP) is 3.87. The SMILES string of the molecule is CCNC(=NCc1ncc(C)s1)N(C)Cc1ccc(Br)s1. The minimum Gasteiger partial charge on any atom is -0.357 e. The van der Waals surface area contributed by atoms with Crippen molar-refractivity contribution in [2.45, 2.75) is 26.9 Å². The number of nitrogens with zero attached hydrogens (tertiary/aromatic N) is 3. The molecule has 1 N–H and O–H groups in total. The van der Waals surface area contributed by atoms with E-state index in [1.807, 2.05) is 6.20 Å². The van der Waals surface area contributed by atoms with Gasteiger partial charge in [0.05, 0.1) is 16.9 Å². The number of aliphatic imine (C=N–C) groups is 1. The molecule has 2 aromatic heterocycles. The van der Waals surface area contributed by atoms with E-state index in [-0.39, 0.29) is 0 Å². The van der Waals surface area contributed by atoms with Gasteiger partial charge in [-0.15, -0.1) is 22.7 Å². The van der Waals surface area contributed by atoms with E-state index in [1.165, 1.54) is 9.75 Å². The summed E-state index contributed by atoms with van der Waals surface area (Å²) in [7, 11) is 2.06. The summed E-state index contributed by atoms with van der Waals surface area (Å²) in [5, 5.41) is 4.38. The highest BCUT2D eigenvalue weighted by Gasteiger charge is 2.08. The summed E-state index contributed by atoms with van der Waals surface area (Å²) in [4.78, 5) is 13.7. The van der Waals surface area contributed by atoms with Crippen LogP contribution in [0.4, 0.5) is 0 Å². The molecule has 4 nitrogen and oxygen atoms in total. The van der Waals surface area contributed by atoms with Gasteiger partial charge in [-0.25, -0.2) is 9.98 Å². The Bertz CT molecular complexity index is 606. The largest absolute Gasteiger partial charge is 0.357 e. The fourth-order valence-electron chi connectivity index (χ4n) is 1.83. The summed E-state index contributed by atoms with van der Waals surface area (Å²) >= 11 is 6.95. The second-order valence-electron chi connectivity index (χ2n) is 4.60. The van der Waals surface area contributed by atoms with Crippen LogP contribution in [0.1, 0.15) is 21.7 Å². The molecular formula is C14H19BrN4S2. The first-order valence-corrected chi connectivity index (χ1v) is 9.16. The summed E-state index contributed by atoms with van der Waals surface area (Å²) in [5.41, 5.74) is 0. The van der Waals surface area contributed by atoms with Crippen molar-refractivity contribution in [3.8, 4) is 0 Å². The number of aryl methyl sites for hydroxylation is 1. The van der Waals surface area contributed by atoms with Crippen molar-refractivity contribution in [1.82, 2.24) is 15.2 Å². The summed E-state index contributed by atoms with van der Waals surface area (Å²) in [6, 6.07) is 4.22. The van der Waals surface area contributed by atoms with E-state index in [9.17, 15) is 0 Å². The first-order valence-electron chi connectivity index (χ1n) is 6.73. The molecule has 0 atom stereocenters. The van der Waals surface area contributed by atoms with E-state index < -0.39 is 0 Å². The summed E-state index contributed by atoms with van der Waals surface area (Å²) in [6.45, 7) is 6.47. The van der Waals surface area contributed by atoms with E-state index in [0.717, 1.165) is 27.8 Å². The first kappa shape index (κ1) is 16.5. The third kappa shape index (κ3) is 5.09. The van der Waals surface area contributed by atoms with E-state index in [4.69, 9.17) is 0 Å². The van der Waals surface area contributed by atoms with Crippen molar-refractivity contribution in [3.63, 3.8) is 0 Å². The topological polar surface area (TPSA) is 40.5 Å². The smallest absolute Gasteiger partial charge is 0.194 e. The highest BCUT2D eigenvalue weighted by atomic mass is 79.9. The van der Waals surface area contributed by atoms with Crippen molar-refractivity contribution < 1.29 is 0 Å². The molecule has 0 aliphatic heterocycles. The van der Waals surface area contributed by atoms with Crippen LogP contribution < -0.4 is 5.32 Å².